The maximum Gasteiger partial charge on any atom is 0.124 e. The van der Waals surface area contributed by atoms with Crippen LogP contribution in [0.4, 0.5) is 0 Å². The summed E-state index contributed by atoms with van der Waals surface area (Å²) in [6.45, 7) is 2.61. The van der Waals surface area contributed by atoms with Crippen molar-refractivity contribution in [2.45, 2.75) is 13.0 Å². The van der Waals surface area contributed by atoms with Crippen LogP contribution < -0.4 is 16.0 Å². The van der Waals surface area contributed by atoms with Gasteiger partial charge in [-0.25, -0.2) is 5.43 Å². The van der Waals surface area contributed by atoms with E-state index in [0.29, 0.717) is 6.61 Å². The Morgan fingerprint density at radius 3 is 2.72 bits per heavy atom. The number of halogens is 1. The topological polar surface area (TPSA) is 47.3 Å². The van der Waals surface area contributed by atoms with E-state index in [1.54, 1.807) is 11.3 Å². The number of nitrogens with one attached hydrogen (secondary N) is 1. The molecule has 0 aliphatic rings. The van der Waals surface area contributed by atoms with Gasteiger partial charge in [0.05, 0.1) is 12.6 Å². The fraction of sp³-hybridized carbons (Fsp3) is 0.231. The first-order valence-electron chi connectivity index (χ1n) is 5.67. The number of benzene rings is 1. The van der Waals surface area contributed by atoms with Crippen LogP contribution in [0.3, 0.4) is 0 Å². The Balaban J connectivity index is 2.42. The summed E-state index contributed by atoms with van der Waals surface area (Å²) >= 11 is 5.18. The molecule has 1 unspecified atom stereocenters. The Morgan fingerprint density at radius 1 is 1.33 bits per heavy atom. The summed E-state index contributed by atoms with van der Waals surface area (Å²) < 4.78 is 6.71. The van der Waals surface area contributed by atoms with Crippen molar-refractivity contribution in [3.63, 3.8) is 0 Å². The summed E-state index contributed by atoms with van der Waals surface area (Å²) in [6, 6.07) is 7.87. The molecule has 0 saturated carbocycles. The van der Waals surface area contributed by atoms with Crippen molar-refractivity contribution in [1.82, 2.24) is 5.43 Å². The lowest BCUT2D eigenvalue weighted by Crippen LogP contribution is -2.29. The van der Waals surface area contributed by atoms with Gasteiger partial charge in [-0.1, -0.05) is 18.2 Å². The second-order valence-corrected chi connectivity index (χ2v) is 5.34. The third-order valence-electron chi connectivity index (χ3n) is 2.65. The average molecular weight is 327 g/mol. The molecule has 1 heterocycles. The summed E-state index contributed by atoms with van der Waals surface area (Å²) in [7, 11) is 0. The number of para-hydroxylation sites is 1. The normalized spacial score (nSPS) is 12.4. The number of hydrogen-bond donors (Lipinski definition) is 2. The maximum atomic E-state index is 5.71. The molecule has 0 spiro atoms. The molecule has 96 valence electrons. The number of ether oxygens (including phenoxy) is 1. The largest absolute Gasteiger partial charge is 0.494 e. The van der Waals surface area contributed by atoms with Crippen LogP contribution >= 0.6 is 27.3 Å². The van der Waals surface area contributed by atoms with Crippen LogP contribution in [0.15, 0.2) is 39.5 Å². The van der Waals surface area contributed by atoms with E-state index in [1.165, 1.54) is 0 Å². The molecule has 0 aliphatic carbocycles. The van der Waals surface area contributed by atoms with Gasteiger partial charge in [-0.3, -0.25) is 5.84 Å². The number of thiophene rings is 1. The van der Waals surface area contributed by atoms with E-state index in [2.05, 4.69) is 26.7 Å². The third-order valence-corrected chi connectivity index (χ3v) is 4.40. The summed E-state index contributed by atoms with van der Waals surface area (Å²) in [4.78, 5) is 0. The lowest BCUT2D eigenvalue weighted by Gasteiger charge is -2.19. The highest BCUT2D eigenvalue weighted by molar-refractivity contribution is 9.10. The van der Waals surface area contributed by atoms with E-state index < -0.39 is 0 Å². The van der Waals surface area contributed by atoms with Crippen LogP contribution in [-0.4, -0.2) is 6.61 Å². The first-order chi connectivity index (χ1) is 8.77. The Hall–Kier alpha value is -0.880. The Bertz CT molecular complexity index is 515. The first-order valence-corrected chi connectivity index (χ1v) is 7.41. The third kappa shape index (κ3) is 2.75. The molecule has 0 saturated heterocycles. The van der Waals surface area contributed by atoms with Gasteiger partial charge in [-0.2, -0.15) is 11.3 Å². The number of nitrogens with two attached hydrogens (primary N) is 1. The zero-order chi connectivity index (χ0) is 13.0. The summed E-state index contributed by atoms with van der Waals surface area (Å²) in [6.07, 6.45) is 0. The van der Waals surface area contributed by atoms with Crippen molar-refractivity contribution >= 4 is 27.3 Å². The van der Waals surface area contributed by atoms with Gasteiger partial charge < -0.3 is 4.74 Å². The Labute approximate surface area is 119 Å². The molecule has 2 rings (SSSR count). The van der Waals surface area contributed by atoms with Crippen molar-refractivity contribution in [3.05, 3.63) is 50.6 Å². The van der Waals surface area contributed by atoms with Crippen molar-refractivity contribution in [3.8, 4) is 5.75 Å². The average Bonchev–Trinajstić information content (AvgIpc) is 2.79. The molecule has 0 radical (unpaired) electrons. The highest BCUT2D eigenvalue weighted by Gasteiger charge is 2.19. The minimum atomic E-state index is -0.0756. The van der Waals surface area contributed by atoms with Gasteiger partial charge in [0, 0.05) is 15.4 Å². The predicted molar refractivity (Wildman–Crippen MR) is 78.8 cm³/mol. The van der Waals surface area contributed by atoms with Crippen LogP contribution in [0, 0.1) is 0 Å². The van der Waals surface area contributed by atoms with Crippen LogP contribution in [-0.2, 0) is 0 Å². The van der Waals surface area contributed by atoms with Gasteiger partial charge in [0.2, 0.25) is 0 Å². The van der Waals surface area contributed by atoms with Gasteiger partial charge in [0.15, 0.2) is 0 Å². The highest BCUT2D eigenvalue weighted by Crippen LogP contribution is 2.35. The standard InChI is InChI=1S/C13H15BrN2OS/c1-2-17-12-6-4-3-5-9(12)13(16-15)10-7-18-8-11(10)14/h3-8,13,16H,2,15H2,1H3. The monoisotopic (exact) mass is 326 g/mol. The summed E-state index contributed by atoms with van der Waals surface area (Å²) in [5.41, 5.74) is 5.02. The Kier molecular flexibility index (Phi) is 4.77. The zero-order valence-electron chi connectivity index (χ0n) is 10.0. The van der Waals surface area contributed by atoms with Crippen molar-refractivity contribution in [1.29, 1.82) is 0 Å². The van der Waals surface area contributed by atoms with Crippen molar-refractivity contribution in [2.75, 3.05) is 6.61 Å². The SMILES string of the molecule is CCOc1ccccc1C(NN)c1cscc1Br. The quantitative estimate of drug-likeness (QED) is 0.653. The summed E-state index contributed by atoms with van der Waals surface area (Å²) in [5, 5.41) is 4.13. The Morgan fingerprint density at radius 2 is 2.11 bits per heavy atom. The van der Waals surface area contributed by atoms with E-state index in [-0.39, 0.29) is 6.04 Å². The lowest BCUT2D eigenvalue weighted by molar-refractivity contribution is 0.333. The fourth-order valence-corrected chi connectivity index (χ4v) is 3.40. The predicted octanol–water partition coefficient (Wildman–Crippen LogP) is 3.46. The second-order valence-electron chi connectivity index (χ2n) is 3.75. The molecule has 3 nitrogen and oxygen atoms in total. The van der Waals surface area contributed by atoms with Crippen LogP contribution in [0.25, 0.3) is 0 Å². The smallest absolute Gasteiger partial charge is 0.124 e. The molecule has 0 bridgehead atoms. The number of hydrazine groups is 1. The van der Waals surface area contributed by atoms with Gasteiger partial charge in [-0.15, -0.1) is 0 Å². The molecular weight excluding hydrogens is 312 g/mol. The van der Waals surface area contributed by atoms with E-state index in [4.69, 9.17) is 10.6 Å². The van der Waals surface area contributed by atoms with E-state index in [9.17, 15) is 0 Å². The van der Waals surface area contributed by atoms with E-state index in [0.717, 1.165) is 21.3 Å². The van der Waals surface area contributed by atoms with Gasteiger partial charge in [0.1, 0.15) is 5.75 Å². The molecular formula is C13H15BrN2OS. The maximum absolute atomic E-state index is 5.71. The van der Waals surface area contributed by atoms with Crippen molar-refractivity contribution < 1.29 is 4.74 Å². The fourth-order valence-electron chi connectivity index (χ4n) is 1.85. The zero-order valence-corrected chi connectivity index (χ0v) is 12.4. The molecule has 1 atom stereocenters. The molecule has 0 aliphatic heterocycles. The first kappa shape index (κ1) is 13.5. The van der Waals surface area contributed by atoms with Gasteiger partial charge in [-0.05, 0) is 39.9 Å². The molecule has 1 aromatic carbocycles. The molecule has 18 heavy (non-hydrogen) atoms. The van der Waals surface area contributed by atoms with Crippen LogP contribution in [0.5, 0.6) is 5.75 Å². The molecule has 0 fully saturated rings. The van der Waals surface area contributed by atoms with Crippen LogP contribution in [0.1, 0.15) is 24.1 Å². The van der Waals surface area contributed by atoms with Gasteiger partial charge >= 0.3 is 0 Å². The minimum Gasteiger partial charge on any atom is -0.494 e. The lowest BCUT2D eigenvalue weighted by atomic mass is 10.0. The van der Waals surface area contributed by atoms with E-state index >= 15 is 0 Å². The van der Waals surface area contributed by atoms with Crippen molar-refractivity contribution in [2.24, 2.45) is 5.84 Å². The van der Waals surface area contributed by atoms with Gasteiger partial charge in [0.25, 0.3) is 0 Å². The number of hydrogen-bond acceptors (Lipinski definition) is 4. The molecule has 0 amide bonds. The van der Waals surface area contributed by atoms with Crippen LogP contribution in [0.2, 0.25) is 0 Å². The number of rotatable bonds is 5. The highest BCUT2D eigenvalue weighted by atomic mass is 79.9. The second kappa shape index (κ2) is 6.33. The molecule has 1 aromatic heterocycles. The summed E-state index contributed by atoms with van der Waals surface area (Å²) in [5.74, 6) is 6.57. The minimum absolute atomic E-state index is 0.0756. The molecule has 5 heteroatoms. The van der Waals surface area contributed by atoms with E-state index in [1.807, 2.05) is 36.6 Å². The molecule has 3 N–H and O–H groups in total. The molecule has 2 aromatic rings.